The number of rotatable bonds is 4. The van der Waals surface area contributed by atoms with Gasteiger partial charge in [-0.3, -0.25) is 0 Å². The third-order valence-corrected chi connectivity index (χ3v) is 5.00. The molecule has 0 saturated carbocycles. The van der Waals surface area contributed by atoms with E-state index in [1.54, 1.807) is 22.3 Å². The van der Waals surface area contributed by atoms with Gasteiger partial charge in [0, 0.05) is 9.35 Å². The predicted molar refractivity (Wildman–Crippen MR) is 85.7 cm³/mol. The quantitative estimate of drug-likeness (QED) is 0.743. The second kappa shape index (κ2) is 5.95. The van der Waals surface area contributed by atoms with Crippen molar-refractivity contribution in [3.8, 4) is 5.69 Å². The average Bonchev–Trinajstić information content (AvgIpc) is 3.08. The van der Waals surface area contributed by atoms with Crippen molar-refractivity contribution in [2.45, 2.75) is 6.54 Å². The molecule has 0 unspecified atom stereocenters. The molecule has 0 spiro atoms. The highest BCUT2D eigenvalue weighted by Crippen LogP contribution is 2.29. The zero-order valence-electron chi connectivity index (χ0n) is 10.3. The number of para-hydroxylation sites is 1. The first-order valence-corrected chi connectivity index (χ1v) is 7.90. The molecular weight excluding hydrogens is 360 g/mol. The van der Waals surface area contributed by atoms with Crippen LogP contribution in [-0.2, 0) is 6.54 Å². The summed E-state index contributed by atoms with van der Waals surface area (Å²) in [6, 6.07) is 7.77. The summed E-state index contributed by atoms with van der Waals surface area (Å²) < 4.78 is 2.77. The highest BCUT2D eigenvalue weighted by atomic mass is 79.9. The summed E-state index contributed by atoms with van der Waals surface area (Å²) >= 11 is 11.5. The zero-order valence-corrected chi connectivity index (χ0v) is 13.4. The van der Waals surface area contributed by atoms with Gasteiger partial charge in [0.25, 0.3) is 0 Å². The largest absolute Gasteiger partial charge is 0.378 e. The minimum atomic E-state index is 0.630. The number of anilines is 1. The molecule has 2 heterocycles. The summed E-state index contributed by atoms with van der Waals surface area (Å²) in [6.07, 6.45) is 3.12. The lowest BCUT2D eigenvalue weighted by Gasteiger charge is -2.12. The van der Waals surface area contributed by atoms with Crippen molar-refractivity contribution in [3.63, 3.8) is 0 Å². The maximum atomic E-state index is 6.28. The van der Waals surface area contributed by atoms with Gasteiger partial charge in [0.05, 0.1) is 17.3 Å². The number of nitrogens with zero attached hydrogens (tertiary/aromatic N) is 3. The summed E-state index contributed by atoms with van der Waals surface area (Å²) in [5, 5.41) is 10.2. The molecule has 0 aliphatic heterocycles. The van der Waals surface area contributed by atoms with Gasteiger partial charge in [0.15, 0.2) is 0 Å². The SMILES string of the molecule is Clc1cccc(NCc2sccc2Br)c1-n1cncn1. The van der Waals surface area contributed by atoms with Crippen LogP contribution in [0, 0.1) is 0 Å². The standard InChI is InChI=1S/C13H10BrClN4S/c14-9-4-5-20-12(9)6-17-11-3-1-2-10(15)13(11)19-8-16-7-18-19/h1-5,7-8,17H,6H2. The Kier molecular flexibility index (Phi) is 4.05. The lowest BCUT2D eigenvalue weighted by Crippen LogP contribution is -2.05. The third kappa shape index (κ3) is 2.72. The number of benzene rings is 1. The molecule has 3 aromatic rings. The number of hydrogen-bond acceptors (Lipinski definition) is 4. The molecule has 2 aromatic heterocycles. The van der Waals surface area contributed by atoms with Crippen molar-refractivity contribution in [1.82, 2.24) is 14.8 Å². The first-order valence-electron chi connectivity index (χ1n) is 5.85. The van der Waals surface area contributed by atoms with E-state index in [2.05, 4.69) is 36.7 Å². The van der Waals surface area contributed by atoms with Crippen LogP contribution in [0.15, 0.2) is 46.8 Å². The second-order valence-corrected chi connectivity index (χ2v) is 6.28. The Balaban J connectivity index is 1.90. The molecule has 0 bridgehead atoms. The van der Waals surface area contributed by atoms with Gasteiger partial charge >= 0.3 is 0 Å². The molecule has 102 valence electrons. The fraction of sp³-hybridized carbons (Fsp3) is 0.0769. The van der Waals surface area contributed by atoms with Crippen molar-refractivity contribution in [1.29, 1.82) is 0 Å². The molecular formula is C13H10BrClN4S. The van der Waals surface area contributed by atoms with Crippen LogP contribution in [0.25, 0.3) is 5.69 Å². The van der Waals surface area contributed by atoms with Gasteiger partial charge in [-0.25, -0.2) is 9.67 Å². The Morgan fingerprint density at radius 3 is 2.95 bits per heavy atom. The van der Waals surface area contributed by atoms with E-state index in [0.29, 0.717) is 5.02 Å². The minimum Gasteiger partial charge on any atom is -0.378 e. The third-order valence-electron chi connectivity index (χ3n) is 2.77. The monoisotopic (exact) mass is 368 g/mol. The van der Waals surface area contributed by atoms with Crippen LogP contribution in [0.2, 0.25) is 5.02 Å². The molecule has 7 heteroatoms. The molecule has 1 aromatic carbocycles. The Hall–Kier alpha value is -1.37. The zero-order chi connectivity index (χ0) is 13.9. The smallest absolute Gasteiger partial charge is 0.138 e. The van der Waals surface area contributed by atoms with E-state index in [-0.39, 0.29) is 0 Å². The van der Waals surface area contributed by atoms with Crippen molar-refractivity contribution >= 4 is 44.6 Å². The van der Waals surface area contributed by atoms with E-state index in [4.69, 9.17) is 11.6 Å². The average molecular weight is 370 g/mol. The van der Waals surface area contributed by atoms with Crippen LogP contribution >= 0.6 is 38.9 Å². The molecule has 0 radical (unpaired) electrons. The number of thiophene rings is 1. The molecule has 1 N–H and O–H groups in total. The van der Waals surface area contributed by atoms with Crippen molar-refractivity contribution in [3.05, 3.63) is 56.7 Å². The van der Waals surface area contributed by atoms with Crippen molar-refractivity contribution < 1.29 is 0 Å². The van der Waals surface area contributed by atoms with E-state index in [1.807, 2.05) is 24.3 Å². The molecule has 0 atom stereocenters. The number of aromatic nitrogens is 3. The van der Waals surface area contributed by atoms with Crippen LogP contribution in [0.5, 0.6) is 0 Å². The van der Waals surface area contributed by atoms with Gasteiger partial charge in [-0.1, -0.05) is 17.7 Å². The van der Waals surface area contributed by atoms with Crippen LogP contribution in [0.4, 0.5) is 5.69 Å². The Labute approximate surface area is 133 Å². The maximum Gasteiger partial charge on any atom is 0.138 e. The van der Waals surface area contributed by atoms with Crippen LogP contribution < -0.4 is 5.32 Å². The van der Waals surface area contributed by atoms with Crippen molar-refractivity contribution in [2.75, 3.05) is 5.32 Å². The van der Waals surface area contributed by atoms with E-state index >= 15 is 0 Å². The fourth-order valence-corrected chi connectivity index (χ4v) is 3.53. The Bertz CT molecular complexity index is 711. The summed E-state index contributed by atoms with van der Waals surface area (Å²) in [5.41, 5.74) is 1.72. The summed E-state index contributed by atoms with van der Waals surface area (Å²) in [4.78, 5) is 5.20. The fourth-order valence-electron chi connectivity index (χ4n) is 1.84. The lowest BCUT2D eigenvalue weighted by atomic mass is 10.2. The lowest BCUT2D eigenvalue weighted by molar-refractivity contribution is 0.878. The molecule has 4 nitrogen and oxygen atoms in total. The van der Waals surface area contributed by atoms with Crippen LogP contribution in [-0.4, -0.2) is 14.8 Å². The van der Waals surface area contributed by atoms with Gasteiger partial charge in [0.2, 0.25) is 0 Å². The van der Waals surface area contributed by atoms with Crippen LogP contribution in [0.3, 0.4) is 0 Å². The van der Waals surface area contributed by atoms with Gasteiger partial charge in [-0.05, 0) is 39.5 Å². The molecule has 20 heavy (non-hydrogen) atoms. The molecule has 0 fully saturated rings. The highest BCUT2D eigenvalue weighted by Gasteiger charge is 2.10. The van der Waals surface area contributed by atoms with E-state index in [1.165, 1.54) is 11.2 Å². The Morgan fingerprint density at radius 2 is 2.25 bits per heavy atom. The van der Waals surface area contributed by atoms with Crippen LogP contribution in [0.1, 0.15) is 4.88 Å². The molecule has 0 aliphatic carbocycles. The highest BCUT2D eigenvalue weighted by molar-refractivity contribution is 9.10. The minimum absolute atomic E-state index is 0.630. The first-order chi connectivity index (χ1) is 9.75. The predicted octanol–water partition coefficient (Wildman–Crippen LogP) is 4.36. The summed E-state index contributed by atoms with van der Waals surface area (Å²) in [7, 11) is 0. The number of nitrogens with one attached hydrogen (secondary N) is 1. The molecule has 3 rings (SSSR count). The van der Waals surface area contributed by atoms with Crippen molar-refractivity contribution in [2.24, 2.45) is 0 Å². The van der Waals surface area contributed by atoms with E-state index in [9.17, 15) is 0 Å². The van der Waals surface area contributed by atoms with E-state index in [0.717, 1.165) is 22.4 Å². The second-order valence-electron chi connectivity index (χ2n) is 4.02. The Morgan fingerprint density at radius 1 is 1.35 bits per heavy atom. The van der Waals surface area contributed by atoms with Gasteiger partial charge < -0.3 is 5.32 Å². The molecule has 0 amide bonds. The van der Waals surface area contributed by atoms with E-state index < -0.39 is 0 Å². The van der Waals surface area contributed by atoms with Gasteiger partial charge in [-0.15, -0.1) is 11.3 Å². The summed E-state index contributed by atoms with van der Waals surface area (Å²) in [5.74, 6) is 0. The van der Waals surface area contributed by atoms with Gasteiger partial charge in [0.1, 0.15) is 18.3 Å². The molecule has 0 saturated heterocycles. The normalized spacial score (nSPS) is 10.7. The topological polar surface area (TPSA) is 42.7 Å². The summed E-state index contributed by atoms with van der Waals surface area (Å²) in [6.45, 7) is 0.723. The molecule has 0 aliphatic rings. The first kappa shape index (κ1) is 13.6. The number of halogens is 2. The maximum absolute atomic E-state index is 6.28. The number of hydrogen-bond donors (Lipinski definition) is 1. The van der Waals surface area contributed by atoms with Gasteiger partial charge in [-0.2, -0.15) is 5.10 Å².